The van der Waals surface area contributed by atoms with Gasteiger partial charge in [0.05, 0.1) is 40.3 Å². The Morgan fingerprint density at radius 2 is 1.93 bits per heavy atom. The number of aliphatic imine (C=N–C) groups is 1. The molecule has 2 heterocycles. The van der Waals surface area contributed by atoms with Crippen molar-refractivity contribution in [1.29, 1.82) is 0 Å². The van der Waals surface area contributed by atoms with Crippen LogP contribution in [-0.4, -0.2) is 31.5 Å². The zero-order chi connectivity index (χ0) is 21.3. The quantitative estimate of drug-likeness (QED) is 0.279. The SMILES string of the molecule is COC=Nc1ccc2sc3c(OC)ccc(C(=O)Nc4c(Cl)cncc4Cl)c3c2c1. The molecule has 1 N–H and O–H groups in total. The van der Waals surface area contributed by atoms with Crippen LogP contribution >= 0.6 is 34.5 Å². The number of anilines is 1. The summed E-state index contributed by atoms with van der Waals surface area (Å²) in [5, 5.41) is 4.96. The van der Waals surface area contributed by atoms with Crippen molar-refractivity contribution in [2.24, 2.45) is 4.99 Å². The molecule has 0 atom stereocenters. The van der Waals surface area contributed by atoms with Gasteiger partial charge in [-0.25, -0.2) is 4.99 Å². The molecule has 0 aliphatic carbocycles. The summed E-state index contributed by atoms with van der Waals surface area (Å²) < 4.78 is 12.3. The van der Waals surface area contributed by atoms with Crippen molar-refractivity contribution >= 4 is 78.4 Å². The lowest BCUT2D eigenvalue weighted by Gasteiger charge is -2.11. The fourth-order valence-electron chi connectivity index (χ4n) is 3.10. The molecule has 0 spiro atoms. The van der Waals surface area contributed by atoms with Crippen LogP contribution in [0.2, 0.25) is 10.0 Å². The number of carbonyl (C=O) groups is 1. The first-order valence-corrected chi connectivity index (χ1v) is 10.3. The third-order valence-electron chi connectivity index (χ3n) is 4.43. The van der Waals surface area contributed by atoms with Gasteiger partial charge < -0.3 is 14.8 Å². The van der Waals surface area contributed by atoms with Gasteiger partial charge in [0.1, 0.15) is 5.75 Å². The largest absolute Gasteiger partial charge is 0.495 e. The van der Waals surface area contributed by atoms with Gasteiger partial charge in [0.15, 0.2) is 6.40 Å². The second kappa shape index (κ2) is 8.47. The Hall–Kier alpha value is -2.87. The molecule has 0 unspecified atom stereocenters. The Morgan fingerprint density at radius 3 is 2.63 bits per heavy atom. The van der Waals surface area contributed by atoms with Gasteiger partial charge >= 0.3 is 0 Å². The molecule has 0 fully saturated rings. The van der Waals surface area contributed by atoms with Gasteiger partial charge in [-0.1, -0.05) is 23.2 Å². The molecule has 4 aromatic rings. The Bertz CT molecular complexity index is 1280. The van der Waals surface area contributed by atoms with Gasteiger partial charge in [0.25, 0.3) is 5.91 Å². The van der Waals surface area contributed by atoms with Gasteiger partial charge in [-0.2, -0.15) is 0 Å². The normalized spacial score (nSPS) is 11.3. The number of hydrogen-bond acceptors (Lipinski definition) is 6. The Labute approximate surface area is 186 Å². The summed E-state index contributed by atoms with van der Waals surface area (Å²) in [6.45, 7) is 0. The molecule has 0 saturated carbocycles. The number of halogens is 2. The van der Waals surface area contributed by atoms with E-state index in [0.717, 1.165) is 20.2 Å². The highest BCUT2D eigenvalue weighted by molar-refractivity contribution is 7.26. The molecule has 2 aromatic heterocycles. The summed E-state index contributed by atoms with van der Waals surface area (Å²) in [5.41, 5.74) is 1.49. The Kier molecular flexibility index (Phi) is 5.76. The zero-order valence-electron chi connectivity index (χ0n) is 15.9. The molecular weight excluding hydrogens is 445 g/mol. The number of nitrogens with one attached hydrogen (secondary N) is 1. The van der Waals surface area contributed by atoms with E-state index in [4.69, 9.17) is 32.7 Å². The van der Waals surface area contributed by atoms with Crippen LogP contribution in [-0.2, 0) is 4.74 Å². The van der Waals surface area contributed by atoms with Crippen LogP contribution in [0, 0.1) is 0 Å². The van der Waals surface area contributed by atoms with Gasteiger partial charge in [0, 0.05) is 33.4 Å². The van der Waals surface area contributed by atoms with Crippen LogP contribution in [0.25, 0.3) is 20.2 Å². The molecule has 0 bridgehead atoms. The standard InChI is InChI=1S/C21H15Cl2N3O3S/c1-28-10-25-11-3-6-17-13(7-11)18-12(4-5-16(29-2)20(18)30-17)21(27)26-19-14(22)8-24-9-15(19)23/h3-10H,1-2H3,(H,24,26,27). The van der Waals surface area contributed by atoms with Crippen LogP contribution < -0.4 is 10.1 Å². The minimum absolute atomic E-state index is 0.256. The Morgan fingerprint density at radius 1 is 1.17 bits per heavy atom. The number of amides is 1. The fraction of sp³-hybridized carbons (Fsp3) is 0.0952. The van der Waals surface area contributed by atoms with Gasteiger partial charge in [-0.15, -0.1) is 11.3 Å². The molecule has 2 aromatic carbocycles. The van der Waals surface area contributed by atoms with E-state index in [1.54, 1.807) is 19.2 Å². The number of thiophene rings is 1. The molecule has 9 heteroatoms. The maximum absolute atomic E-state index is 13.2. The average molecular weight is 460 g/mol. The minimum atomic E-state index is -0.344. The molecule has 0 radical (unpaired) electrons. The van der Waals surface area contributed by atoms with E-state index < -0.39 is 0 Å². The Balaban J connectivity index is 1.90. The molecule has 0 aliphatic heterocycles. The predicted octanol–water partition coefficient (Wildman–Crippen LogP) is 6.32. The summed E-state index contributed by atoms with van der Waals surface area (Å²) in [4.78, 5) is 21.4. The third-order valence-corrected chi connectivity index (χ3v) is 6.19. The van der Waals surface area contributed by atoms with E-state index in [1.165, 1.54) is 37.2 Å². The van der Waals surface area contributed by atoms with Crippen molar-refractivity contribution in [2.45, 2.75) is 0 Å². The maximum atomic E-state index is 13.2. The molecule has 4 rings (SSSR count). The van der Waals surface area contributed by atoms with Crippen molar-refractivity contribution in [1.82, 2.24) is 4.98 Å². The van der Waals surface area contributed by atoms with E-state index in [2.05, 4.69) is 15.3 Å². The number of rotatable bonds is 5. The van der Waals surface area contributed by atoms with E-state index >= 15 is 0 Å². The molecule has 152 valence electrons. The highest BCUT2D eigenvalue weighted by Gasteiger charge is 2.20. The first kappa shape index (κ1) is 20.4. The summed E-state index contributed by atoms with van der Waals surface area (Å²) in [5.74, 6) is 0.341. The van der Waals surface area contributed by atoms with Crippen molar-refractivity contribution in [3.63, 3.8) is 0 Å². The maximum Gasteiger partial charge on any atom is 0.256 e. The first-order valence-electron chi connectivity index (χ1n) is 8.72. The highest BCUT2D eigenvalue weighted by Crippen LogP contribution is 2.43. The van der Waals surface area contributed by atoms with Gasteiger partial charge in [-0.05, 0) is 30.3 Å². The van der Waals surface area contributed by atoms with Crippen molar-refractivity contribution in [2.75, 3.05) is 19.5 Å². The van der Waals surface area contributed by atoms with Crippen molar-refractivity contribution in [3.8, 4) is 5.75 Å². The van der Waals surface area contributed by atoms with Crippen molar-refractivity contribution in [3.05, 3.63) is 58.3 Å². The predicted molar refractivity (Wildman–Crippen MR) is 123 cm³/mol. The number of benzene rings is 2. The molecule has 0 saturated heterocycles. The van der Waals surface area contributed by atoms with Gasteiger partial charge in [0.2, 0.25) is 0 Å². The second-order valence-electron chi connectivity index (χ2n) is 6.20. The second-order valence-corrected chi connectivity index (χ2v) is 8.07. The number of pyridine rings is 1. The van der Waals surface area contributed by atoms with Crippen LogP contribution in [0.15, 0.2) is 47.7 Å². The fourth-order valence-corrected chi connectivity index (χ4v) is 4.76. The number of nitrogens with zero attached hydrogens (tertiary/aromatic N) is 2. The number of carbonyl (C=O) groups excluding carboxylic acids is 1. The summed E-state index contributed by atoms with van der Waals surface area (Å²) >= 11 is 13.9. The summed E-state index contributed by atoms with van der Waals surface area (Å²) in [6, 6.07) is 9.24. The smallest absolute Gasteiger partial charge is 0.256 e. The summed E-state index contributed by atoms with van der Waals surface area (Å²) in [6.07, 6.45) is 4.21. The highest BCUT2D eigenvalue weighted by atomic mass is 35.5. The number of hydrogen-bond donors (Lipinski definition) is 1. The van der Waals surface area contributed by atoms with E-state index in [9.17, 15) is 4.79 Å². The van der Waals surface area contributed by atoms with Crippen LogP contribution in [0.1, 0.15) is 10.4 Å². The van der Waals surface area contributed by atoms with Crippen LogP contribution in [0.3, 0.4) is 0 Å². The summed E-state index contributed by atoms with van der Waals surface area (Å²) in [7, 11) is 3.13. The molecular formula is C21H15Cl2N3O3S. The van der Waals surface area contributed by atoms with Crippen molar-refractivity contribution < 1.29 is 14.3 Å². The van der Waals surface area contributed by atoms with Crippen LogP contribution in [0.5, 0.6) is 5.75 Å². The number of ether oxygens (including phenoxy) is 2. The third kappa shape index (κ3) is 3.67. The zero-order valence-corrected chi connectivity index (χ0v) is 18.2. The topological polar surface area (TPSA) is 72.8 Å². The van der Waals surface area contributed by atoms with Gasteiger partial charge in [-0.3, -0.25) is 9.78 Å². The molecule has 1 amide bonds. The van der Waals surface area contributed by atoms with E-state index in [1.807, 2.05) is 18.2 Å². The molecule has 30 heavy (non-hydrogen) atoms. The molecule has 6 nitrogen and oxygen atoms in total. The lowest BCUT2D eigenvalue weighted by molar-refractivity contribution is 0.102. The van der Waals surface area contributed by atoms with E-state index in [0.29, 0.717) is 22.7 Å². The monoisotopic (exact) mass is 459 g/mol. The lowest BCUT2D eigenvalue weighted by atomic mass is 10.0. The number of aromatic nitrogens is 1. The lowest BCUT2D eigenvalue weighted by Crippen LogP contribution is -2.13. The van der Waals surface area contributed by atoms with E-state index in [-0.39, 0.29) is 16.0 Å². The average Bonchev–Trinajstić information content (AvgIpc) is 3.13. The number of methoxy groups -OCH3 is 2. The number of fused-ring (bicyclic) bond motifs is 3. The first-order chi connectivity index (χ1) is 14.5. The minimum Gasteiger partial charge on any atom is -0.495 e. The van der Waals surface area contributed by atoms with Crippen LogP contribution in [0.4, 0.5) is 11.4 Å². The molecule has 0 aliphatic rings.